The lowest BCUT2D eigenvalue weighted by molar-refractivity contribution is -0.134. The fraction of sp³-hybridized carbons (Fsp3) is 0.333. The van der Waals surface area contributed by atoms with E-state index < -0.39 is 5.54 Å². The predicted octanol–water partition coefficient (Wildman–Crippen LogP) is 3.82. The van der Waals surface area contributed by atoms with E-state index in [4.69, 9.17) is 4.74 Å². The summed E-state index contributed by atoms with van der Waals surface area (Å²) in [4.78, 5) is 35.3. The van der Waals surface area contributed by atoms with Gasteiger partial charge in [-0.3, -0.25) is 9.59 Å². The molecular weight excluding hydrogens is 464 g/mol. The van der Waals surface area contributed by atoms with E-state index in [1.54, 1.807) is 4.90 Å². The van der Waals surface area contributed by atoms with Crippen LogP contribution >= 0.6 is 0 Å². The van der Waals surface area contributed by atoms with E-state index in [0.29, 0.717) is 31.1 Å². The van der Waals surface area contributed by atoms with E-state index in [0.717, 1.165) is 43.7 Å². The van der Waals surface area contributed by atoms with Crippen LogP contribution < -0.4 is 9.64 Å². The number of amides is 2. The van der Waals surface area contributed by atoms with Crippen LogP contribution in [0.15, 0.2) is 84.9 Å². The lowest BCUT2D eigenvalue weighted by Gasteiger charge is -2.43. The summed E-state index contributed by atoms with van der Waals surface area (Å²) in [6.45, 7) is 4.49. The normalized spacial score (nSPS) is 19.3. The van der Waals surface area contributed by atoms with Crippen molar-refractivity contribution in [2.75, 3.05) is 44.5 Å². The van der Waals surface area contributed by atoms with Crippen molar-refractivity contribution in [2.24, 2.45) is 0 Å². The Morgan fingerprint density at radius 2 is 1.43 bits per heavy atom. The third kappa shape index (κ3) is 4.44. The van der Waals surface area contributed by atoms with E-state index >= 15 is 0 Å². The van der Waals surface area contributed by atoms with Crippen LogP contribution in [0, 0.1) is 0 Å². The molecule has 0 saturated carbocycles. The zero-order valence-corrected chi connectivity index (χ0v) is 21.0. The zero-order chi connectivity index (χ0) is 25.2. The molecule has 7 heteroatoms. The minimum atomic E-state index is -0.532. The molecule has 3 aromatic rings. The molecule has 2 saturated heterocycles. The highest BCUT2D eigenvalue weighted by Gasteiger charge is 2.53. The van der Waals surface area contributed by atoms with Crippen LogP contribution in [0.5, 0.6) is 5.75 Å². The molecule has 0 bridgehead atoms. The first kappa shape index (κ1) is 23.6. The quantitative estimate of drug-likeness (QED) is 0.519. The summed E-state index contributed by atoms with van der Waals surface area (Å²) in [6.07, 6.45) is 1.53. The molecule has 37 heavy (non-hydrogen) atoms. The molecule has 1 spiro atoms. The minimum Gasteiger partial charge on any atom is -0.472 e. The van der Waals surface area contributed by atoms with Gasteiger partial charge in [0.1, 0.15) is 11.3 Å². The third-order valence-corrected chi connectivity index (χ3v) is 7.95. The van der Waals surface area contributed by atoms with E-state index in [9.17, 15) is 9.59 Å². The fourth-order valence-electron chi connectivity index (χ4n) is 5.85. The van der Waals surface area contributed by atoms with Crippen LogP contribution in [0.4, 0.5) is 5.69 Å². The van der Waals surface area contributed by atoms with Gasteiger partial charge in [-0.25, -0.2) is 0 Å². The number of nitrogens with zero attached hydrogens (tertiary/aromatic N) is 4. The monoisotopic (exact) mass is 496 g/mol. The van der Waals surface area contributed by atoms with Gasteiger partial charge in [0.15, 0.2) is 6.73 Å². The number of benzene rings is 3. The van der Waals surface area contributed by atoms with E-state index in [-0.39, 0.29) is 18.5 Å². The van der Waals surface area contributed by atoms with E-state index in [1.807, 2.05) is 65.6 Å². The summed E-state index contributed by atoms with van der Waals surface area (Å²) < 4.78 is 5.79. The molecule has 2 fully saturated rings. The number of anilines is 1. The number of hydrogen-bond donors (Lipinski definition) is 0. The van der Waals surface area contributed by atoms with Gasteiger partial charge in [0, 0.05) is 38.4 Å². The average Bonchev–Trinajstić information content (AvgIpc) is 3.21. The molecule has 0 N–H and O–H groups in total. The van der Waals surface area contributed by atoms with Crippen molar-refractivity contribution >= 4 is 17.5 Å². The van der Waals surface area contributed by atoms with Crippen LogP contribution in [0.1, 0.15) is 28.8 Å². The Bertz CT molecular complexity index is 1260. The second-order valence-electron chi connectivity index (χ2n) is 10.1. The van der Waals surface area contributed by atoms with Gasteiger partial charge in [-0.1, -0.05) is 60.7 Å². The van der Waals surface area contributed by atoms with Crippen LogP contribution in [0.2, 0.25) is 0 Å². The van der Waals surface area contributed by atoms with Gasteiger partial charge < -0.3 is 24.3 Å². The Balaban J connectivity index is 1.14. The molecule has 2 amide bonds. The van der Waals surface area contributed by atoms with Crippen molar-refractivity contribution in [2.45, 2.75) is 24.9 Å². The summed E-state index contributed by atoms with van der Waals surface area (Å²) >= 11 is 0. The van der Waals surface area contributed by atoms with Crippen LogP contribution in [0.3, 0.4) is 0 Å². The lowest BCUT2D eigenvalue weighted by Crippen LogP contribution is -2.57. The summed E-state index contributed by atoms with van der Waals surface area (Å²) in [7, 11) is 0. The number of hydrogen-bond acceptors (Lipinski definition) is 5. The highest BCUT2D eigenvalue weighted by molar-refractivity contribution is 5.97. The van der Waals surface area contributed by atoms with Gasteiger partial charge in [-0.15, -0.1) is 0 Å². The summed E-state index contributed by atoms with van der Waals surface area (Å²) in [5, 5.41) is 0. The molecule has 0 radical (unpaired) electrons. The van der Waals surface area contributed by atoms with Crippen molar-refractivity contribution in [1.82, 2.24) is 14.7 Å². The summed E-state index contributed by atoms with van der Waals surface area (Å²) in [6, 6.07) is 27.9. The maximum Gasteiger partial charge on any atom is 0.260 e. The molecule has 3 aliphatic rings. The molecule has 3 heterocycles. The Kier molecular flexibility index (Phi) is 6.30. The lowest BCUT2D eigenvalue weighted by atomic mass is 9.85. The number of ether oxygens (including phenoxy) is 1. The Morgan fingerprint density at radius 3 is 2.19 bits per heavy atom. The van der Waals surface area contributed by atoms with E-state index in [2.05, 4.69) is 34.1 Å². The number of carbonyl (C=O) groups is 2. The number of fused-ring (bicyclic) bond motifs is 1. The van der Waals surface area contributed by atoms with Gasteiger partial charge in [-0.2, -0.15) is 0 Å². The number of likely N-dealkylation sites (tertiary alicyclic amines) is 1. The number of rotatable bonds is 6. The van der Waals surface area contributed by atoms with Crippen molar-refractivity contribution in [3.05, 3.63) is 96.1 Å². The van der Waals surface area contributed by atoms with Gasteiger partial charge in [0.25, 0.3) is 5.91 Å². The van der Waals surface area contributed by atoms with Crippen LogP contribution in [-0.4, -0.2) is 71.6 Å². The molecule has 0 atom stereocenters. The minimum absolute atomic E-state index is 0.0214. The molecule has 6 rings (SSSR count). The van der Waals surface area contributed by atoms with Crippen LogP contribution in [-0.2, 0) is 11.3 Å². The second kappa shape index (κ2) is 9.90. The van der Waals surface area contributed by atoms with Crippen molar-refractivity contribution in [3.8, 4) is 5.75 Å². The van der Waals surface area contributed by atoms with Gasteiger partial charge in [0.05, 0.1) is 12.2 Å². The van der Waals surface area contributed by atoms with Crippen molar-refractivity contribution in [3.63, 3.8) is 0 Å². The topological polar surface area (TPSA) is 56.3 Å². The first-order valence-corrected chi connectivity index (χ1v) is 13.0. The molecule has 3 aromatic carbocycles. The highest BCUT2D eigenvalue weighted by atomic mass is 16.5. The zero-order valence-electron chi connectivity index (χ0n) is 21.0. The molecule has 0 aliphatic carbocycles. The summed E-state index contributed by atoms with van der Waals surface area (Å²) in [5.41, 5.74) is 2.33. The van der Waals surface area contributed by atoms with Gasteiger partial charge >= 0.3 is 0 Å². The molecule has 0 unspecified atom stereocenters. The number of carbonyl (C=O) groups excluding carboxylic acids is 2. The SMILES string of the molecule is O=C1c2ccccc2OCN1CCN1CCC2(CC1)C(=O)N(Cc1ccccc1)CN2c1ccccc1. The molecular formula is C30H32N4O3. The van der Waals surface area contributed by atoms with E-state index in [1.165, 1.54) is 0 Å². The van der Waals surface area contributed by atoms with Crippen LogP contribution in [0.25, 0.3) is 0 Å². The Morgan fingerprint density at radius 1 is 0.757 bits per heavy atom. The Labute approximate surface area is 217 Å². The van der Waals surface area contributed by atoms with Crippen molar-refractivity contribution in [1.29, 1.82) is 0 Å². The molecule has 0 aromatic heterocycles. The first-order valence-electron chi connectivity index (χ1n) is 13.0. The van der Waals surface area contributed by atoms with Crippen molar-refractivity contribution < 1.29 is 14.3 Å². The second-order valence-corrected chi connectivity index (χ2v) is 10.1. The smallest absolute Gasteiger partial charge is 0.260 e. The third-order valence-electron chi connectivity index (χ3n) is 7.95. The molecule has 190 valence electrons. The first-order chi connectivity index (χ1) is 18.1. The van der Waals surface area contributed by atoms with Gasteiger partial charge in [0.2, 0.25) is 5.91 Å². The Hall–Kier alpha value is -3.84. The predicted molar refractivity (Wildman–Crippen MR) is 142 cm³/mol. The standard InChI is InChI=1S/C30H32N4O3/c35-28-26-13-7-8-14-27(26)37-23-32(28)20-19-31-17-15-30(16-18-31)29(36)33(21-24-9-3-1-4-10-24)22-34(30)25-11-5-2-6-12-25/h1-14H,15-23H2. The number of piperidine rings is 1. The van der Waals surface area contributed by atoms with Gasteiger partial charge in [-0.05, 0) is 42.7 Å². The molecule has 3 aliphatic heterocycles. The largest absolute Gasteiger partial charge is 0.472 e. The maximum absolute atomic E-state index is 13.9. The summed E-state index contributed by atoms with van der Waals surface area (Å²) in [5.74, 6) is 0.897. The maximum atomic E-state index is 13.9. The fourth-order valence-corrected chi connectivity index (χ4v) is 5.85. The number of para-hydroxylation sites is 2. The highest BCUT2D eigenvalue weighted by Crippen LogP contribution is 2.40. The molecule has 7 nitrogen and oxygen atoms in total. The average molecular weight is 497 g/mol.